The number of anilines is 1. The number of methoxy groups -OCH3 is 1. The predicted octanol–water partition coefficient (Wildman–Crippen LogP) is 3.88. The first-order valence-corrected chi connectivity index (χ1v) is 8.63. The highest BCUT2D eigenvalue weighted by Gasteiger charge is 2.17. The molecule has 3 rings (SSSR count). The summed E-state index contributed by atoms with van der Waals surface area (Å²) < 4.78 is 22.5. The zero-order chi connectivity index (χ0) is 17.8. The second-order valence-corrected chi connectivity index (χ2v) is 6.09. The van der Waals surface area contributed by atoms with Gasteiger partial charge in [0.25, 0.3) is 5.91 Å². The first-order chi connectivity index (χ1) is 12.1. The maximum absolute atomic E-state index is 12.6. The Morgan fingerprint density at radius 2 is 1.96 bits per heavy atom. The van der Waals surface area contributed by atoms with E-state index in [1.54, 1.807) is 30.3 Å². The predicted molar refractivity (Wildman–Crippen MR) is 97.2 cm³/mol. The molecule has 0 bridgehead atoms. The molecule has 0 unspecified atom stereocenters. The van der Waals surface area contributed by atoms with E-state index in [-0.39, 0.29) is 5.91 Å². The van der Waals surface area contributed by atoms with Gasteiger partial charge in [0, 0.05) is 17.3 Å². The lowest BCUT2D eigenvalue weighted by atomic mass is 10.1. The standard InChI is InChI=1S/C18H18BrNO5/c1-3-23-17-13(19)8-11(9-16(17)22-2)18(21)20-12-4-5-14-15(10-12)25-7-6-24-14/h4-5,8-10H,3,6-7H2,1-2H3,(H,20,21). The first kappa shape index (κ1) is 17.4. The number of fused-ring (bicyclic) bond motifs is 1. The molecule has 0 spiro atoms. The van der Waals surface area contributed by atoms with Crippen molar-refractivity contribution >= 4 is 27.5 Å². The average molecular weight is 408 g/mol. The summed E-state index contributed by atoms with van der Waals surface area (Å²) in [4.78, 5) is 12.6. The molecule has 25 heavy (non-hydrogen) atoms. The molecule has 0 aliphatic carbocycles. The zero-order valence-electron chi connectivity index (χ0n) is 13.9. The van der Waals surface area contributed by atoms with E-state index in [1.165, 1.54) is 7.11 Å². The van der Waals surface area contributed by atoms with Gasteiger partial charge in [-0.2, -0.15) is 0 Å². The molecule has 1 aliphatic heterocycles. The van der Waals surface area contributed by atoms with Crippen molar-refractivity contribution in [2.24, 2.45) is 0 Å². The van der Waals surface area contributed by atoms with E-state index in [0.29, 0.717) is 58.5 Å². The number of carbonyl (C=O) groups is 1. The van der Waals surface area contributed by atoms with E-state index in [1.807, 2.05) is 6.92 Å². The second kappa shape index (κ2) is 7.65. The molecule has 0 aromatic heterocycles. The molecule has 1 heterocycles. The van der Waals surface area contributed by atoms with Gasteiger partial charge >= 0.3 is 0 Å². The molecule has 1 amide bonds. The van der Waals surface area contributed by atoms with Crippen molar-refractivity contribution in [1.82, 2.24) is 0 Å². The monoisotopic (exact) mass is 407 g/mol. The Hall–Kier alpha value is -2.41. The minimum Gasteiger partial charge on any atom is -0.493 e. The van der Waals surface area contributed by atoms with Crippen molar-refractivity contribution in [3.8, 4) is 23.0 Å². The van der Waals surface area contributed by atoms with Crippen LogP contribution in [0.15, 0.2) is 34.8 Å². The lowest BCUT2D eigenvalue weighted by molar-refractivity contribution is 0.102. The van der Waals surface area contributed by atoms with Crippen molar-refractivity contribution in [3.05, 3.63) is 40.4 Å². The molecule has 7 heteroatoms. The van der Waals surface area contributed by atoms with Crippen molar-refractivity contribution in [2.75, 3.05) is 32.2 Å². The summed E-state index contributed by atoms with van der Waals surface area (Å²) in [7, 11) is 1.53. The second-order valence-electron chi connectivity index (χ2n) is 5.24. The molecular formula is C18H18BrNO5. The lowest BCUT2D eigenvalue weighted by Crippen LogP contribution is -2.16. The van der Waals surface area contributed by atoms with E-state index in [4.69, 9.17) is 18.9 Å². The Labute approximate surface area is 154 Å². The van der Waals surface area contributed by atoms with Gasteiger partial charge in [-0.15, -0.1) is 0 Å². The third-order valence-electron chi connectivity index (χ3n) is 3.58. The van der Waals surface area contributed by atoms with Gasteiger partial charge in [0.15, 0.2) is 23.0 Å². The Morgan fingerprint density at radius 1 is 1.20 bits per heavy atom. The first-order valence-electron chi connectivity index (χ1n) is 7.83. The number of halogens is 1. The number of nitrogens with one attached hydrogen (secondary N) is 1. The van der Waals surface area contributed by atoms with Gasteiger partial charge in [-0.1, -0.05) is 0 Å². The van der Waals surface area contributed by atoms with Crippen LogP contribution in [0, 0.1) is 0 Å². The van der Waals surface area contributed by atoms with Crippen molar-refractivity contribution < 1.29 is 23.7 Å². The Kier molecular flexibility index (Phi) is 5.33. The number of hydrogen-bond acceptors (Lipinski definition) is 5. The van der Waals surface area contributed by atoms with Crippen LogP contribution >= 0.6 is 15.9 Å². The van der Waals surface area contributed by atoms with Crippen LogP contribution in [-0.2, 0) is 0 Å². The molecule has 0 radical (unpaired) electrons. The average Bonchev–Trinajstić information content (AvgIpc) is 2.63. The van der Waals surface area contributed by atoms with Gasteiger partial charge in [0.05, 0.1) is 18.2 Å². The van der Waals surface area contributed by atoms with E-state index in [9.17, 15) is 4.79 Å². The van der Waals surface area contributed by atoms with E-state index < -0.39 is 0 Å². The number of hydrogen-bond donors (Lipinski definition) is 1. The smallest absolute Gasteiger partial charge is 0.255 e. The SMILES string of the molecule is CCOc1c(Br)cc(C(=O)Nc2ccc3c(c2)OCCO3)cc1OC. The number of carbonyl (C=O) groups excluding carboxylic acids is 1. The summed E-state index contributed by atoms with van der Waals surface area (Å²) in [6, 6.07) is 8.63. The minimum atomic E-state index is -0.265. The van der Waals surface area contributed by atoms with Gasteiger partial charge in [0.2, 0.25) is 0 Å². The molecule has 1 aliphatic rings. The van der Waals surface area contributed by atoms with Crippen LogP contribution in [-0.4, -0.2) is 32.8 Å². The molecule has 0 fully saturated rings. The zero-order valence-corrected chi connectivity index (χ0v) is 15.5. The summed E-state index contributed by atoms with van der Waals surface area (Å²) in [5.74, 6) is 2.09. The fourth-order valence-corrected chi connectivity index (χ4v) is 3.02. The molecule has 2 aromatic rings. The highest BCUT2D eigenvalue weighted by atomic mass is 79.9. The van der Waals surface area contributed by atoms with Crippen LogP contribution in [0.25, 0.3) is 0 Å². The van der Waals surface area contributed by atoms with Crippen LogP contribution in [0.4, 0.5) is 5.69 Å². The van der Waals surface area contributed by atoms with Crippen LogP contribution in [0.3, 0.4) is 0 Å². The molecular weight excluding hydrogens is 390 g/mol. The van der Waals surface area contributed by atoms with Crippen LogP contribution in [0.5, 0.6) is 23.0 Å². The molecule has 0 saturated heterocycles. The van der Waals surface area contributed by atoms with Crippen molar-refractivity contribution in [3.63, 3.8) is 0 Å². The highest BCUT2D eigenvalue weighted by molar-refractivity contribution is 9.10. The molecule has 2 aromatic carbocycles. The van der Waals surface area contributed by atoms with Gasteiger partial charge in [-0.05, 0) is 47.1 Å². The van der Waals surface area contributed by atoms with Crippen LogP contribution in [0.2, 0.25) is 0 Å². The topological polar surface area (TPSA) is 66.0 Å². The van der Waals surface area contributed by atoms with Gasteiger partial charge in [0.1, 0.15) is 13.2 Å². The fraction of sp³-hybridized carbons (Fsp3) is 0.278. The van der Waals surface area contributed by atoms with E-state index in [2.05, 4.69) is 21.2 Å². The number of ether oxygens (including phenoxy) is 4. The summed E-state index contributed by atoms with van der Waals surface area (Å²) in [6.07, 6.45) is 0. The largest absolute Gasteiger partial charge is 0.493 e. The van der Waals surface area contributed by atoms with Gasteiger partial charge in [-0.3, -0.25) is 4.79 Å². The summed E-state index contributed by atoms with van der Waals surface area (Å²) >= 11 is 3.42. The third-order valence-corrected chi connectivity index (χ3v) is 4.17. The van der Waals surface area contributed by atoms with Gasteiger partial charge in [-0.25, -0.2) is 0 Å². The Balaban J connectivity index is 1.82. The van der Waals surface area contributed by atoms with Crippen molar-refractivity contribution in [2.45, 2.75) is 6.92 Å². The maximum atomic E-state index is 12.6. The fourth-order valence-electron chi connectivity index (χ4n) is 2.46. The summed E-state index contributed by atoms with van der Waals surface area (Å²) in [5, 5.41) is 2.85. The van der Waals surface area contributed by atoms with E-state index >= 15 is 0 Å². The van der Waals surface area contributed by atoms with E-state index in [0.717, 1.165) is 0 Å². The number of rotatable bonds is 5. The summed E-state index contributed by atoms with van der Waals surface area (Å²) in [5.41, 5.74) is 1.07. The van der Waals surface area contributed by atoms with Crippen LogP contribution < -0.4 is 24.3 Å². The van der Waals surface area contributed by atoms with Gasteiger partial charge < -0.3 is 24.3 Å². The molecule has 1 N–H and O–H groups in total. The summed E-state index contributed by atoms with van der Waals surface area (Å²) in [6.45, 7) is 3.40. The lowest BCUT2D eigenvalue weighted by Gasteiger charge is -2.19. The molecule has 132 valence electrons. The number of benzene rings is 2. The quantitative estimate of drug-likeness (QED) is 0.814. The molecule has 0 saturated carbocycles. The normalized spacial score (nSPS) is 12.4. The Bertz CT molecular complexity index is 793. The maximum Gasteiger partial charge on any atom is 0.255 e. The Morgan fingerprint density at radius 3 is 2.68 bits per heavy atom. The third kappa shape index (κ3) is 3.82. The van der Waals surface area contributed by atoms with Crippen LogP contribution in [0.1, 0.15) is 17.3 Å². The van der Waals surface area contributed by atoms with Crippen molar-refractivity contribution in [1.29, 1.82) is 0 Å². The number of amides is 1. The molecule has 6 nitrogen and oxygen atoms in total. The highest BCUT2D eigenvalue weighted by Crippen LogP contribution is 2.37. The minimum absolute atomic E-state index is 0.265. The molecule has 0 atom stereocenters.